The molecule has 1 aromatic carbocycles. The van der Waals surface area contributed by atoms with Crippen LogP contribution in [0.5, 0.6) is 5.75 Å². The van der Waals surface area contributed by atoms with E-state index in [1.54, 1.807) is 0 Å². The highest BCUT2D eigenvalue weighted by Gasteiger charge is 2.16. The second-order valence-electron chi connectivity index (χ2n) is 5.64. The van der Waals surface area contributed by atoms with Crippen molar-refractivity contribution in [2.24, 2.45) is 0 Å². The molecule has 1 fully saturated rings. The van der Waals surface area contributed by atoms with Gasteiger partial charge in [-0.15, -0.1) is 0 Å². The van der Waals surface area contributed by atoms with E-state index in [-0.39, 0.29) is 0 Å². The summed E-state index contributed by atoms with van der Waals surface area (Å²) < 4.78 is 5.75. The van der Waals surface area contributed by atoms with E-state index in [0.717, 1.165) is 44.5 Å². The Balaban J connectivity index is 1.61. The topological polar surface area (TPSA) is 29.5 Å². The zero-order valence-corrected chi connectivity index (χ0v) is 12.9. The first kappa shape index (κ1) is 15.9. The van der Waals surface area contributed by atoms with Gasteiger partial charge in [-0.1, -0.05) is 19.1 Å². The Morgan fingerprint density at radius 2 is 2.05 bits per heavy atom. The Labute approximate surface area is 128 Å². The van der Waals surface area contributed by atoms with Crippen LogP contribution in [0.2, 0.25) is 0 Å². The Morgan fingerprint density at radius 1 is 1.24 bits per heavy atom. The molecule has 0 unspecified atom stereocenters. The van der Waals surface area contributed by atoms with Gasteiger partial charge in [0.15, 0.2) is 0 Å². The van der Waals surface area contributed by atoms with Crippen LogP contribution in [0.3, 0.4) is 0 Å². The number of nitrogens with zero attached hydrogens (tertiary/aromatic N) is 1. The van der Waals surface area contributed by atoms with Crippen molar-refractivity contribution in [3.8, 4) is 5.75 Å². The van der Waals surface area contributed by atoms with Crippen molar-refractivity contribution in [2.75, 3.05) is 19.7 Å². The van der Waals surface area contributed by atoms with Crippen molar-refractivity contribution < 1.29 is 9.53 Å². The number of benzene rings is 1. The van der Waals surface area contributed by atoms with Gasteiger partial charge >= 0.3 is 0 Å². The molecule has 3 heteroatoms. The molecule has 0 spiro atoms. The largest absolute Gasteiger partial charge is 0.494 e. The Hall–Kier alpha value is -1.51. The number of unbranched alkanes of at least 4 members (excludes halogenated alkanes) is 1. The fourth-order valence-corrected chi connectivity index (χ4v) is 2.69. The third-order valence-corrected chi connectivity index (χ3v) is 3.88. The van der Waals surface area contributed by atoms with Gasteiger partial charge in [-0.3, -0.25) is 4.79 Å². The van der Waals surface area contributed by atoms with Gasteiger partial charge in [0.25, 0.3) is 0 Å². The van der Waals surface area contributed by atoms with E-state index < -0.39 is 0 Å². The Bertz CT molecular complexity index is 439. The molecule has 1 amide bonds. The molecule has 1 saturated heterocycles. The quantitative estimate of drug-likeness (QED) is 0.684. The van der Waals surface area contributed by atoms with Crippen LogP contribution >= 0.6 is 0 Å². The lowest BCUT2D eigenvalue weighted by Gasteiger charge is -2.14. The summed E-state index contributed by atoms with van der Waals surface area (Å²) in [5.74, 6) is 1.23. The number of hydrogen-bond acceptors (Lipinski definition) is 2. The fraction of sp³-hybridized carbons (Fsp3) is 0.556. The average Bonchev–Trinajstić information content (AvgIpc) is 3.02. The van der Waals surface area contributed by atoms with Crippen LogP contribution in [0, 0.1) is 6.92 Å². The van der Waals surface area contributed by atoms with Crippen molar-refractivity contribution in [3.63, 3.8) is 0 Å². The molecule has 1 radical (unpaired) electrons. The molecule has 1 aromatic rings. The molecule has 1 heterocycles. The van der Waals surface area contributed by atoms with E-state index in [1.165, 1.54) is 18.4 Å². The van der Waals surface area contributed by atoms with Gasteiger partial charge in [-0.2, -0.15) is 0 Å². The second-order valence-corrected chi connectivity index (χ2v) is 5.64. The molecule has 2 rings (SSSR count). The molecular formula is C18H26NO2. The lowest BCUT2D eigenvalue weighted by molar-refractivity contribution is -0.130. The van der Waals surface area contributed by atoms with E-state index in [4.69, 9.17) is 4.74 Å². The Morgan fingerprint density at radius 3 is 2.81 bits per heavy atom. The van der Waals surface area contributed by atoms with Gasteiger partial charge in [0.2, 0.25) is 5.91 Å². The molecular weight excluding hydrogens is 262 g/mol. The minimum Gasteiger partial charge on any atom is -0.494 e. The molecule has 0 atom stereocenters. The highest BCUT2D eigenvalue weighted by atomic mass is 16.5. The maximum atomic E-state index is 11.9. The minimum absolute atomic E-state index is 0.310. The molecule has 0 aliphatic carbocycles. The van der Waals surface area contributed by atoms with E-state index >= 15 is 0 Å². The van der Waals surface area contributed by atoms with Crippen LogP contribution in [0.1, 0.15) is 44.1 Å². The molecule has 0 aromatic heterocycles. The number of ether oxygens (including phenoxy) is 1. The highest BCUT2D eigenvalue weighted by molar-refractivity contribution is 5.76. The fourth-order valence-electron chi connectivity index (χ4n) is 2.69. The highest BCUT2D eigenvalue weighted by Crippen LogP contribution is 2.15. The van der Waals surface area contributed by atoms with Crippen LogP contribution in [0.15, 0.2) is 24.3 Å². The summed E-state index contributed by atoms with van der Waals surface area (Å²) in [5, 5.41) is 0. The summed E-state index contributed by atoms with van der Waals surface area (Å²) in [7, 11) is 0. The van der Waals surface area contributed by atoms with Crippen LogP contribution in [-0.4, -0.2) is 30.5 Å². The zero-order chi connectivity index (χ0) is 14.9. The maximum absolute atomic E-state index is 11.9. The summed E-state index contributed by atoms with van der Waals surface area (Å²) in [6.07, 6.45) is 6.72. The van der Waals surface area contributed by atoms with E-state index in [1.807, 2.05) is 17.0 Å². The van der Waals surface area contributed by atoms with E-state index in [2.05, 4.69) is 19.1 Å². The van der Waals surface area contributed by atoms with Gasteiger partial charge in [-0.25, -0.2) is 0 Å². The zero-order valence-electron chi connectivity index (χ0n) is 12.9. The lowest BCUT2D eigenvalue weighted by atomic mass is 10.1. The Kier molecular flexibility index (Phi) is 6.58. The second kappa shape index (κ2) is 8.71. The third-order valence-electron chi connectivity index (χ3n) is 3.88. The number of hydrogen-bond donors (Lipinski definition) is 0. The summed E-state index contributed by atoms with van der Waals surface area (Å²) in [6.45, 7) is 6.46. The van der Waals surface area contributed by atoms with Crippen molar-refractivity contribution in [1.82, 2.24) is 4.90 Å². The monoisotopic (exact) mass is 288 g/mol. The van der Waals surface area contributed by atoms with Gasteiger partial charge in [0.05, 0.1) is 6.61 Å². The molecule has 3 nitrogen and oxygen atoms in total. The number of carbonyl (C=O) groups is 1. The van der Waals surface area contributed by atoms with Crippen LogP contribution < -0.4 is 4.74 Å². The predicted octanol–water partition coefficient (Wildman–Crippen LogP) is 3.62. The molecule has 0 bridgehead atoms. The van der Waals surface area contributed by atoms with E-state index in [0.29, 0.717) is 18.9 Å². The van der Waals surface area contributed by atoms with Crippen molar-refractivity contribution in [1.29, 1.82) is 0 Å². The molecule has 1 aliphatic heterocycles. The van der Waals surface area contributed by atoms with E-state index in [9.17, 15) is 4.79 Å². The summed E-state index contributed by atoms with van der Waals surface area (Å²) >= 11 is 0. The smallest absolute Gasteiger partial charge is 0.222 e. The molecule has 21 heavy (non-hydrogen) atoms. The molecule has 0 saturated carbocycles. The lowest BCUT2D eigenvalue weighted by Crippen LogP contribution is -2.27. The number of carbonyl (C=O) groups excluding carboxylic acids is 1. The van der Waals surface area contributed by atoms with Crippen molar-refractivity contribution in [3.05, 3.63) is 36.8 Å². The maximum Gasteiger partial charge on any atom is 0.222 e. The van der Waals surface area contributed by atoms with Crippen LogP contribution in [-0.2, 0) is 11.2 Å². The van der Waals surface area contributed by atoms with Crippen molar-refractivity contribution >= 4 is 5.91 Å². The first-order valence-electron chi connectivity index (χ1n) is 8.08. The van der Waals surface area contributed by atoms with Crippen LogP contribution in [0.25, 0.3) is 0 Å². The summed E-state index contributed by atoms with van der Waals surface area (Å²) in [4.78, 5) is 13.9. The van der Waals surface area contributed by atoms with Gasteiger partial charge < -0.3 is 9.64 Å². The minimum atomic E-state index is 0.310. The average molecular weight is 288 g/mol. The number of aryl methyl sites for hydroxylation is 1. The van der Waals surface area contributed by atoms with Crippen LogP contribution in [0.4, 0.5) is 0 Å². The standard InChI is InChI=1S/C18H26NO2/c1-2-8-16-9-7-10-17(15-16)21-14-6-3-11-18(20)19-12-4-5-13-19/h7,9-10,15H,1-6,8,11-14H2. The molecule has 1 aliphatic rings. The molecule has 0 N–H and O–H groups in total. The van der Waals surface area contributed by atoms with Gasteiger partial charge in [0.1, 0.15) is 5.75 Å². The van der Waals surface area contributed by atoms with Gasteiger partial charge in [-0.05, 0) is 56.2 Å². The number of amides is 1. The molecule has 115 valence electrons. The normalized spacial score (nSPS) is 14.4. The number of likely N-dealkylation sites (tertiary alicyclic amines) is 1. The number of rotatable bonds is 8. The first-order chi connectivity index (χ1) is 10.3. The SMILES string of the molecule is [CH2]CCc1cccc(OCCCCC(=O)N2CCCC2)c1. The summed E-state index contributed by atoms with van der Waals surface area (Å²) in [6, 6.07) is 8.20. The third kappa shape index (κ3) is 5.41. The van der Waals surface area contributed by atoms with Crippen molar-refractivity contribution in [2.45, 2.75) is 44.9 Å². The first-order valence-corrected chi connectivity index (χ1v) is 8.08. The predicted molar refractivity (Wildman–Crippen MR) is 85.3 cm³/mol. The van der Waals surface area contributed by atoms with Gasteiger partial charge in [0, 0.05) is 19.5 Å². The summed E-state index contributed by atoms with van der Waals surface area (Å²) in [5.41, 5.74) is 1.27.